The zero-order valence-electron chi connectivity index (χ0n) is 18.0. The Morgan fingerprint density at radius 1 is 0.903 bits per heavy atom. The van der Waals surface area contributed by atoms with Crippen molar-refractivity contribution in [3.8, 4) is 0 Å². The number of hydrogen-bond donors (Lipinski definition) is 2. The summed E-state index contributed by atoms with van der Waals surface area (Å²) in [6.07, 6.45) is 0.346. The first kappa shape index (κ1) is 24.1. The van der Waals surface area contributed by atoms with Crippen molar-refractivity contribution in [2.75, 3.05) is 6.61 Å². The Hall–Kier alpha value is -3.19. The number of aldehydes is 1. The highest BCUT2D eigenvalue weighted by Gasteiger charge is 2.25. The lowest BCUT2D eigenvalue weighted by Crippen LogP contribution is -2.51. The van der Waals surface area contributed by atoms with Crippen LogP contribution in [-0.4, -0.2) is 37.0 Å². The number of carbonyl (C=O) groups is 3. The number of benzene rings is 2. The molecule has 0 aliphatic heterocycles. The largest absolute Gasteiger partial charge is 0.445 e. The predicted octanol–water partition coefficient (Wildman–Crippen LogP) is 3.23. The van der Waals surface area contributed by atoms with Crippen LogP contribution in [0.4, 0.5) is 4.79 Å². The second kappa shape index (κ2) is 13.2. The first-order chi connectivity index (χ1) is 15.0. The normalized spacial score (nSPS) is 12.6. The van der Waals surface area contributed by atoms with E-state index in [1.807, 2.05) is 74.5 Å². The van der Waals surface area contributed by atoms with Crippen LogP contribution in [0.2, 0.25) is 0 Å². The van der Waals surface area contributed by atoms with E-state index in [2.05, 4.69) is 10.6 Å². The minimum absolute atomic E-state index is 0.0387. The van der Waals surface area contributed by atoms with E-state index in [4.69, 9.17) is 9.47 Å². The molecule has 0 aliphatic carbocycles. The average Bonchev–Trinajstić information content (AvgIpc) is 2.77. The van der Waals surface area contributed by atoms with Crippen molar-refractivity contribution < 1.29 is 23.9 Å². The number of hydrogen-bond acceptors (Lipinski definition) is 5. The van der Waals surface area contributed by atoms with Crippen molar-refractivity contribution >= 4 is 18.3 Å². The summed E-state index contributed by atoms with van der Waals surface area (Å²) in [4.78, 5) is 36.3. The first-order valence-corrected chi connectivity index (χ1v) is 10.3. The predicted molar refractivity (Wildman–Crippen MR) is 117 cm³/mol. The molecule has 0 spiro atoms. The van der Waals surface area contributed by atoms with Gasteiger partial charge in [0.2, 0.25) is 5.91 Å². The standard InChI is InChI=1S/C24H30N2O5/c1-18(2)13-22(26-24(29)31-16-20-11-7-4-8-12-20)23(28)25-21(14-27)17-30-15-19-9-5-3-6-10-19/h3-12,14,18,21-22H,13,15-17H2,1-2H3,(H,25,28)(H,26,29)/t21?,22-/m0/s1. The molecule has 0 fully saturated rings. The van der Waals surface area contributed by atoms with Crippen LogP contribution < -0.4 is 10.6 Å². The summed E-state index contributed by atoms with van der Waals surface area (Å²) in [5.41, 5.74) is 1.82. The smallest absolute Gasteiger partial charge is 0.408 e. The molecule has 2 aromatic rings. The highest BCUT2D eigenvalue weighted by molar-refractivity contribution is 5.87. The van der Waals surface area contributed by atoms with Crippen LogP contribution in [-0.2, 0) is 32.3 Å². The van der Waals surface area contributed by atoms with Gasteiger partial charge in [0.25, 0.3) is 0 Å². The average molecular weight is 427 g/mol. The Kier molecular flexibility index (Phi) is 10.2. The number of amides is 2. The molecule has 0 heterocycles. The maximum atomic E-state index is 12.7. The molecule has 0 bridgehead atoms. The van der Waals surface area contributed by atoms with E-state index >= 15 is 0 Å². The molecule has 0 saturated heterocycles. The molecular weight excluding hydrogens is 396 g/mol. The van der Waals surface area contributed by atoms with Gasteiger partial charge in [0, 0.05) is 0 Å². The molecule has 7 heteroatoms. The van der Waals surface area contributed by atoms with Gasteiger partial charge in [0.05, 0.1) is 13.2 Å². The van der Waals surface area contributed by atoms with Crippen LogP contribution in [0, 0.1) is 5.92 Å². The van der Waals surface area contributed by atoms with Gasteiger partial charge in [-0.3, -0.25) is 4.79 Å². The molecule has 1 unspecified atom stereocenters. The van der Waals surface area contributed by atoms with E-state index in [1.165, 1.54) is 0 Å². The fraction of sp³-hybridized carbons (Fsp3) is 0.375. The van der Waals surface area contributed by atoms with Crippen molar-refractivity contribution in [2.24, 2.45) is 5.92 Å². The van der Waals surface area contributed by atoms with Crippen molar-refractivity contribution in [1.29, 1.82) is 0 Å². The Labute approximate surface area is 183 Å². The lowest BCUT2D eigenvalue weighted by molar-refractivity contribution is -0.127. The Bertz CT molecular complexity index is 811. The maximum absolute atomic E-state index is 12.7. The molecule has 0 aromatic heterocycles. The molecule has 2 rings (SSSR count). The quantitative estimate of drug-likeness (QED) is 0.508. The van der Waals surface area contributed by atoms with Gasteiger partial charge in [-0.2, -0.15) is 0 Å². The summed E-state index contributed by atoms with van der Waals surface area (Å²) < 4.78 is 10.8. The summed E-state index contributed by atoms with van der Waals surface area (Å²) in [6.45, 7) is 4.36. The van der Waals surface area contributed by atoms with Crippen molar-refractivity contribution in [3.63, 3.8) is 0 Å². The molecule has 166 valence electrons. The SMILES string of the molecule is CC(C)C[C@H](NC(=O)OCc1ccccc1)C(=O)NC(C=O)COCc1ccccc1. The van der Waals surface area contributed by atoms with Gasteiger partial charge in [0.1, 0.15) is 25.0 Å². The van der Waals surface area contributed by atoms with Gasteiger partial charge in [-0.25, -0.2) is 4.79 Å². The van der Waals surface area contributed by atoms with Gasteiger partial charge < -0.3 is 24.9 Å². The topological polar surface area (TPSA) is 93.7 Å². The lowest BCUT2D eigenvalue weighted by atomic mass is 10.0. The maximum Gasteiger partial charge on any atom is 0.408 e. The van der Waals surface area contributed by atoms with Gasteiger partial charge in [-0.05, 0) is 23.5 Å². The van der Waals surface area contributed by atoms with Crippen LogP contribution in [0.15, 0.2) is 60.7 Å². The van der Waals surface area contributed by atoms with E-state index in [0.717, 1.165) is 11.1 Å². The van der Waals surface area contributed by atoms with Crippen molar-refractivity contribution in [1.82, 2.24) is 10.6 Å². The van der Waals surface area contributed by atoms with E-state index in [9.17, 15) is 14.4 Å². The van der Waals surface area contributed by atoms with E-state index < -0.39 is 24.1 Å². The fourth-order valence-corrected chi connectivity index (χ4v) is 2.89. The molecule has 2 N–H and O–H groups in total. The molecule has 2 atom stereocenters. The van der Waals surface area contributed by atoms with Crippen molar-refractivity contribution in [3.05, 3.63) is 71.8 Å². The molecule has 0 saturated carbocycles. The Balaban J connectivity index is 1.84. The molecule has 2 aromatic carbocycles. The molecule has 31 heavy (non-hydrogen) atoms. The lowest BCUT2D eigenvalue weighted by Gasteiger charge is -2.22. The second-order valence-corrected chi connectivity index (χ2v) is 7.64. The molecule has 7 nitrogen and oxygen atoms in total. The van der Waals surface area contributed by atoms with Gasteiger partial charge in [-0.15, -0.1) is 0 Å². The third-order valence-electron chi connectivity index (χ3n) is 4.43. The first-order valence-electron chi connectivity index (χ1n) is 10.3. The second-order valence-electron chi connectivity index (χ2n) is 7.64. The summed E-state index contributed by atoms with van der Waals surface area (Å²) in [5.74, 6) is -0.306. The number of ether oxygens (including phenoxy) is 2. The van der Waals surface area contributed by atoms with Crippen LogP contribution in [0.25, 0.3) is 0 Å². The minimum atomic E-state index is -0.820. The van der Waals surface area contributed by atoms with Crippen LogP contribution in [0.1, 0.15) is 31.4 Å². The summed E-state index contributed by atoms with van der Waals surface area (Å²) in [5, 5.41) is 5.24. The van der Waals surface area contributed by atoms with E-state index in [0.29, 0.717) is 19.3 Å². The number of alkyl carbamates (subject to hydrolysis) is 1. The van der Waals surface area contributed by atoms with E-state index in [1.54, 1.807) is 0 Å². The third kappa shape index (κ3) is 9.44. The Morgan fingerprint density at radius 2 is 1.48 bits per heavy atom. The molecule has 0 radical (unpaired) electrons. The van der Waals surface area contributed by atoms with Gasteiger partial charge in [0.15, 0.2) is 0 Å². The van der Waals surface area contributed by atoms with Crippen LogP contribution in [0.5, 0.6) is 0 Å². The highest BCUT2D eigenvalue weighted by atomic mass is 16.5. The van der Waals surface area contributed by atoms with Gasteiger partial charge in [-0.1, -0.05) is 74.5 Å². The molecule has 0 aliphatic rings. The monoisotopic (exact) mass is 426 g/mol. The number of rotatable bonds is 12. The van der Waals surface area contributed by atoms with Crippen LogP contribution in [0.3, 0.4) is 0 Å². The molecular formula is C24H30N2O5. The summed E-state index contributed by atoms with van der Waals surface area (Å²) in [7, 11) is 0. The van der Waals surface area contributed by atoms with Crippen LogP contribution >= 0.6 is 0 Å². The van der Waals surface area contributed by atoms with Crippen molar-refractivity contribution in [2.45, 2.75) is 45.6 Å². The summed E-state index contributed by atoms with van der Waals surface area (Å²) >= 11 is 0. The minimum Gasteiger partial charge on any atom is -0.445 e. The van der Waals surface area contributed by atoms with Gasteiger partial charge >= 0.3 is 6.09 Å². The highest BCUT2D eigenvalue weighted by Crippen LogP contribution is 2.07. The Morgan fingerprint density at radius 3 is 2.03 bits per heavy atom. The van der Waals surface area contributed by atoms with E-state index in [-0.39, 0.29) is 19.1 Å². The molecule has 2 amide bonds. The zero-order chi connectivity index (χ0) is 22.5. The third-order valence-corrected chi connectivity index (χ3v) is 4.43. The number of nitrogens with one attached hydrogen (secondary N) is 2. The summed E-state index contributed by atoms with van der Waals surface area (Å²) in [6, 6.07) is 17.2. The number of carbonyl (C=O) groups excluding carboxylic acids is 3. The fourth-order valence-electron chi connectivity index (χ4n) is 2.89. The zero-order valence-corrected chi connectivity index (χ0v) is 18.0.